The number of benzene rings is 1. The minimum atomic E-state index is -1.07. The second-order valence-electron chi connectivity index (χ2n) is 9.87. The maximum atomic E-state index is 13.3. The number of hydrogen-bond acceptors (Lipinski definition) is 4. The molecule has 2 aliphatic rings. The fourth-order valence-corrected chi connectivity index (χ4v) is 5.70. The van der Waals surface area contributed by atoms with Crippen LogP contribution >= 0.6 is 11.6 Å². The van der Waals surface area contributed by atoms with Gasteiger partial charge in [0.1, 0.15) is 0 Å². The Hall–Kier alpha value is -2.03. The zero-order valence-corrected chi connectivity index (χ0v) is 21.6. The van der Waals surface area contributed by atoms with Crippen LogP contribution in [0.25, 0.3) is 0 Å². The van der Waals surface area contributed by atoms with Crippen LogP contribution in [0.1, 0.15) is 63.0 Å². The molecule has 1 aromatic carbocycles. The van der Waals surface area contributed by atoms with Crippen molar-refractivity contribution in [3.8, 4) is 0 Å². The van der Waals surface area contributed by atoms with Gasteiger partial charge in [-0.2, -0.15) is 0 Å². The summed E-state index contributed by atoms with van der Waals surface area (Å²) >= 11 is 6.25. The third-order valence-corrected chi connectivity index (χ3v) is 7.38. The lowest BCUT2D eigenvalue weighted by Crippen LogP contribution is -2.52. The summed E-state index contributed by atoms with van der Waals surface area (Å²) in [7, 11) is 1.93. The fraction of sp³-hybridized carbons (Fsp3) is 0.692. The van der Waals surface area contributed by atoms with E-state index in [4.69, 9.17) is 21.4 Å². The van der Waals surface area contributed by atoms with Crippen molar-refractivity contribution in [3.63, 3.8) is 0 Å². The van der Waals surface area contributed by atoms with E-state index in [-0.39, 0.29) is 37.2 Å². The summed E-state index contributed by atoms with van der Waals surface area (Å²) in [6.07, 6.45) is 7.95. The molecule has 1 aliphatic heterocycles. The van der Waals surface area contributed by atoms with Crippen LogP contribution in [0, 0.1) is 11.8 Å². The number of ether oxygens (including phenoxy) is 1. The average molecular weight is 509 g/mol. The summed E-state index contributed by atoms with van der Waals surface area (Å²) in [5, 5.41) is 18.4. The van der Waals surface area contributed by atoms with Crippen LogP contribution in [-0.2, 0) is 4.74 Å². The number of likely N-dealkylation sites (N-methyl/N-ethyl adjacent to an activating group) is 1. The first-order valence-corrected chi connectivity index (χ1v) is 13.4. The highest BCUT2D eigenvalue weighted by Crippen LogP contribution is 2.34. The summed E-state index contributed by atoms with van der Waals surface area (Å²) in [5.74, 6) is 0.787. The molecule has 3 atom stereocenters. The third kappa shape index (κ3) is 9.17. The van der Waals surface area contributed by atoms with E-state index >= 15 is 0 Å². The number of carbonyl (C=O) groups excluding carboxylic acids is 1. The Labute approximate surface area is 214 Å². The molecule has 1 saturated carbocycles. The minimum absolute atomic E-state index is 0.0110. The Morgan fingerprint density at radius 2 is 2.00 bits per heavy atom. The number of carbonyl (C=O) groups is 2. The molecule has 0 bridgehead atoms. The number of nitrogens with zero attached hydrogens (tertiary/aromatic N) is 1. The molecule has 0 spiro atoms. The van der Waals surface area contributed by atoms with Crippen molar-refractivity contribution in [2.75, 3.05) is 39.8 Å². The second-order valence-corrected chi connectivity index (χ2v) is 10.3. The molecule has 0 radical (unpaired) electrons. The number of piperidine rings is 1. The standard InChI is InChI=1S/C26H41ClN4O4/c1-28-17-23(15-19-7-3-2-4-8-19)30-25(32)31-13-6-10-21(18-31)24(35-14-12-29-26(33)34)20-9-5-11-22(27)16-20/h5,9,11,16,19,21,23-24,28-29H,2-4,6-8,10,12-15,17-18H2,1H3,(H,30,32)(H,33,34)/t21-,23+,24?/m1/s1. The fourth-order valence-electron chi connectivity index (χ4n) is 5.50. The second kappa shape index (κ2) is 14.5. The molecule has 1 heterocycles. The Morgan fingerprint density at radius 3 is 2.71 bits per heavy atom. The highest BCUT2D eigenvalue weighted by molar-refractivity contribution is 6.30. The van der Waals surface area contributed by atoms with E-state index in [0.717, 1.165) is 37.9 Å². The van der Waals surface area contributed by atoms with Gasteiger partial charge in [-0.15, -0.1) is 0 Å². The van der Waals surface area contributed by atoms with E-state index in [0.29, 0.717) is 17.5 Å². The molecule has 0 aromatic heterocycles. The molecule has 4 N–H and O–H groups in total. The van der Waals surface area contributed by atoms with Gasteiger partial charge >= 0.3 is 12.1 Å². The van der Waals surface area contributed by atoms with Crippen LogP contribution in [0.4, 0.5) is 9.59 Å². The van der Waals surface area contributed by atoms with E-state index < -0.39 is 6.09 Å². The number of halogens is 1. The summed E-state index contributed by atoms with van der Waals surface area (Å²) in [6.45, 7) is 2.53. The SMILES string of the molecule is CNC[C@H](CC1CCCCC1)NC(=O)N1CCC[C@@H](C(OCCNC(=O)O)c2cccc(Cl)c2)C1. The maximum Gasteiger partial charge on any atom is 0.404 e. The van der Waals surface area contributed by atoms with Gasteiger partial charge in [0.2, 0.25) is 0 Å². The van der Waals surface area contributed by atoms with Gasteiger partial charge in [-0.1, -0.05) is 55.8 Å². The van der Waals surface area contributed by atoms with Crippen molar-refractivity contribution in [1.82, 2.24) is 20.9 Å². The molecule has 3 rings (SSSR count). The lowest BCUT2D eigenvalue weighted by Gasteiger charge is -2.38. The van der Waals surface area contributed by atoms with Gasteiger partial charge in [0.15, 0.2) is 0 Å². The van der Waals surface area contributed by atoms with Crippen LogP contribution in [0.2, 0.25) is 5.02 Å². The topological polar surface area (TPSA) is 103 Å². The molecule has 1 unspecified atom stereocenters. The van der Waals surface area contributed by atoms with E-state index in [1.165, 1.54) is 32.1 Å². The van der Waals surface area contributed by atoms with Crippen LogP contribution in [-0.4, -0.2) is 68.0 Å². The minimum Gasteiger partial charge on any atom is -0.465 e. The van der Waals surface area contributed by atoms with Crippen molar-refractivity contribution in [3.05, 3.63) is 34.9 Å². The highest BCUT2D eigenvalue weighted by Gasteiger charge is 2.32. The van der Waals surface area contributed by atoms with Gasteiger partial charge in [0.05, 0.1) is 12.7 Å². The number of likely N-dealkylation sites (tertiary alicyclic amines) is 1. The van der Waals surface area contributed by atoms with Crippen molar-refractivity contribution >= 4 is 23.7 Å². The molecule has 1 aliphatic carbocycles. The zero-order valence-electron chi connectivity index (χ0n) is 20.8. The molecule has 196 valence electrons. The molecule has 3 amide bonds. The zero-order chi connectivity index (χ0) is 25.0. The molecule has 8 nitrogen and oxygen atoms in total. The van der Waals surface area contributed by atoms with Crippen molar-refractivity contribution in [2.45, 2.75) is 63.5 Å². The summed E-state index contributed by atoms with van der Waals surface area (Å²) in [6, 6.07) is 7.70. The molecule has 35 heavy (non-hydrogen) atoms. The predicted octanol–water partition coefficient (Wildman–Crippen LogP) is 4.65. The van der Waals surface area contributed by atoms with E-state index in [1.54, 1.807) is 0 Å². The monoisotopic (exact) mass is 508 g/mol. The molecule has 1 aromatic rings. The quantitative estimate of drug-likeness (QED) is 0.326. The third-order valence-electron chi connectivity index (χ3n) is 7.15. The lowest BCUT2D eigenvalue weighted by atomic mass is 9.85. The van der Waals surface area contributed by atoms with Crippen LogP contribution in [0.3, 0.4) is 0 Å². The summed E-state index contributed by atoms with van der Waals surface area (Å²) < 4.78 is 6.17. The van der Waals surface area contributed by atoms with Gasteiger partial charge in [0.25, 0.3) is 0 Å². The Bertz CT molecular complexity index is 805. The largest absolute Gasteiger partial charge is 0.465 e. The first kappa shape index (κ1) is 27.6. The Balaban J connectivity index is 1.62. The normalized spacial score (nSPS) is 20.7. The first-order chi connectivity index (χ1) is 17.0. The first-order valence-electron chi connectivity index (χ1n) is 13.0. The van der Waals surface area contributed by atoms with Gasteiger partial charge < -0.3 is 30.7 Å². The van der Waals surface area contributed by atoms with Crippen LogP contribution in [0.5, 0.6) is 0 Å². The number of nitrogens with one attached hydrogen (secondary N) is 3. The van der Waals surface area contributed by atoms with Crippen LogP contribution in [0.15, 0.2) is 24.3 Å². The van der Waals surface area contributed by atoms with Gasteiger partial charge in [-0.3, -0.25) is 0 Å². The number of amides is 3. The van der Waals surface area contributed by atoms with Crippen molar-refractivity contribution < 1.29 is 19.4 Å². The molecular weight excluding hydrogens is 468 g/mol. The number of urea groups is 1. The van der Waals surface area contributed by atoms with E-state index in [1.807, 2.05) is 36.2 Å². The van der Waals surface area contributed by atoms with Crippen molar-refractivity contribution in [1.29, 1.82) is 0 Å². The molecule has 9 heteroatoms. The number of carboxylic acid groups (broad SMARTS) is 1. The average Bonchev–Trinajstić information content (AvgIpc) is 2.84. The predicted molar refractivity (Wildman–Crippen MR) is 138 cm³/mol. The van der Waals surface area contributed by atoms with Gasteiger partial charge in [-0.25, -0.2) is 9.59 Å². The van der Waals surface area contributed by atoms with E-state index in [9.17, 15) is 9.59 Å². The smallest absolute Gasteiger partial charge is 0.404 e. The summed E-state index contributed by atoms with van der Waals surface area (Å²) in [4.78, 5) is 26.0. The Morgan fingerprint density at radius 1 is 1.20 bits per heavy atom. The molecule has 2 fully saturated rings. The number of hydrogen-bond donors (Lipinski definition) is 4. The van der Waals surface area contributed by atoms with Gasteiger partial charge in [0, 0.05) is 43.2 Å². The maximum absolute atomic E-state index is 13.3. The Kier molecular flexibility index (Phi) is 11.4. The number of rotatable bonds is 11. The molecular formula is C26H41ClN4O4. The summed E-state index contributed by atoms with van der Waals surface area (Å²) in [5.41, 5.74) is 0.949. The van der Waals surface area contributed by atoms with Crippen molar-refractivity contribution in [2.24, 2.45) is 11.8 Å². The van der Waals surface area contributed by atoms with E-state index in [2.05, 4.69) is 16.0 Å². The van der Waals surface area contributed by atoms with Gasteiger partial charge in [-0.05, 0) is 49.9 Å². The lowest BCUT2D eigenvalue weighted by molar-refractivity contribution is -0.00851. The molecule has 1 saturated heterocycles. The van der Waals surface area contributed by atoms with Crippen LogP contribution < -0.4 is 16.0 Å². The highest BCUT2D eigenvalue weighted by atomic mass is 35.5.